The molecule has 0 aromatic carbocycles. The molecule has 1 fully saturated rings. The third-order valence-electron chi connectivity index (χ3n) is 10.0. The van der Waals surface area contributed by atoms with Gasteiger partial charge in [-0.15, -0.1) is 50.9 Å². The molecule has 13 nitrogen and oxygen atoms in total. The predicted octanol–water partition coefficient (Wildman–Crippen LogP) is 28.9. The predicted molar refractivity (Wildman–Crippen MR) is 510 cm³/mol. The Bertz CT molecular complexity index is 1330. The molecular formula is C71H211O13PtSi13V-. The Hall–Kier alpha value is 2.01. The molecule has 0 unspecified atom stereocenters. The summed E-state index contributed by atoms with van der Waals surface area (Å²) in [6.07, 6.45) is 1.26. The Balaban J connectivity index is -0.0000000193. The van der Waals surface area contributed by atoms with Crippen LogP contribution < -0.4 is 0 Å². The minimum atomic E-state index is -2.60. The van der Waals surface area contributed by atoms with E-state index in [4.69, 9.17) is 56.3 Å². The Kier molecular flexibility index (Phi) is 207. The van der Waals surface area contributed by atoms with E-state index < -0.39 is 110 Å². The third kappa shape index (κ3) is 175. The summed E-state index contributed by atoms with van der Waals surface area (Å²) in [5.74, 6) is 0. The van der Waals surface area contributed by atoms with Crippen LogP contribution in [0.4, 0.5) is 0 Å². The smallest absolute Gasteiger partial charge is 0.344 e. The first-order valence-corrected chi connectivity index (χ1v) is 65.8. The van der Waals surface area contributed by atoms with E-state index in [0.717, 1.165) is 0 Å². The quantitative estimate of drug-likeness (QED) is 0.102. The van der Waals surface area contributed by atoms with E-state index in [2.05, 4.69) is 189 Å². The first-order valence-electron chi connectivity index (χ1n) is 27.3. The van der Waals surface area contributed by atoms with Gasteiger partial charge in [0.15, 0.2) is 42.3 Å². The number of hydrogen-bond acceptors (Lipinski definition) is 13. The maximum absolute atomic E-state index is 6.25. The van der Waals surface area contributed by atoms with Crippen LogP contribution in [0.15, 0.2) is 73.7 Å². The van der Waals surface area contributed by atoms with Gasteiger partial charge < -0.3 is 63.2 Å². The van der Waals surface area contributed by atoms with Gasteiger partial charge in [0.25, 0.3) is 0 Å². The van der Waals surface area contributed by atoms with Crippen molar-refractivity contribution in [3.63, 3.8) is 0 Å². The second-order valence-corrected chi connectivity index (χ2v) is 76.4. The van der Waals surface area contributed by atoms with Gasteiger partial charge in [-0.05, 0) is 144 Å². The van der Waals surface area contributed by atoms with E-state index in [1.165, 1.54) is 12.5 Å². The topological polar surface area (TPSA) is 120 Å². The molecule has 641 valence electrons. The van der Waals surface area contributed by atoms with Crippen LogP contribution in [0.2, 0.25) is 183 Å². The molecule has 0 aliphatic carbocycles. The van der Waals surface area contributed by atoms with Crippen LogP contribution in [0, 0.1) is 6.92 Å². The summed E-state index contributed by atoms with van der Waals surface area (Å²) < 4.78 is 70.5. The Morgan fingerprint density at radius 2 is 0.455 bits per heavy atom. The van der Waals surface area contributed by atoms with E-state index in [9.17, 15) is 0 Å². The van der Waals surface area contributed by atoms with Crippen LogP contribution in [0.3, 0.4) is 0 Å². The minimum absolute atomic E-state index is 0. The van der Waals surface area contributed by atoms with Crippen molar-refractivity contribution in [2.75, 3.05) is 64.0 Å². The molecule has 0 atom stereocenters. The Labute approximate surface area is 681 Å². The molecule has 1 aliphatic heterocycles. The zero-order valence-electron chi connectivity index (χ0n) is 60.5. The molecule has 0 N–H and O–H groups in total. The standard InChI is InChI=1S/C12H24O4Si4.C6H16OSi.2C5H12Si.2C4H12O2Si.3C4H12OSi.C3H10OSi.C2H5.18CH4.Pt.V/c1-9-17(5)13-18(6,10-2)15-20(8,12-4)16-19(7,11-3)14-17;1-5-6-8(3,4)7-2;2*1-5-6(2,3)4;2*1-5-7(3,4)6-2;3*1-5-6(2,3)4;1-4-5(2)3;1-2;;;;;;;;;;;;;;;;;;;;/h9-12H,1-4H2,5-8H3;5-6H2,1-4H3;2*5H,1H2,2-4H3;2*1-4H3;3*1-4H3;5H,1-3H3;1H2,2H3;18*1H4;;/q;;;;;;;;;;-1;;;;;;;;;;;;;;;;;;;;. The maximum Gasteiger partial charge on any atom is 0.344 e. The molecule has 0 bridgehead atoms. The van der Waals surface area contributed by atoms with Gasteiger partial charge in [-0.1, -0.05) is 209 Å². The first-order chi connectivity index (χ1) is 35.0. The van der Waals surface area contributed by atoms with Crippen molar-refractivity contribution in [1.82, 2.24) is 0 Å². The fraction of sp³-hybridized carbons (Fsp3) is 0.817. The van der Waals surface area contributed by atoms with Crippen LogP contribution in [0.5, 0.6) is 0 Å². The molecule has 0 aromatic rings. The summed E-state index contributed by atoms with van der Waals surface area (Å²) in [6.45, 7) is 87.5. The average Bonchev–Trinajstić information content (AvgIpc) is 3.34. The fourth-order valence-electron chi connectivity index (χ4n) is 2.90. The zero-order chi connectivity index (χ0) is 66.4. The fourth-order valence-corrected chi connectivity index (χ4v) is 22.3. The van der Waals surface area contributed by atoms with Crippen LogP contribution in [0.1, 0.15) is 154 Å². The minimum Gasteiger partial charge on any atom is -0.424 e. The van der Waals surface area contributed by atoms with Gasteiger partial charge in [-0.25, -0.2) is 0 Å². The van der Waals surface area contributed by atoms with Gasteiger partial charge in [-0.2, -0.15) is 6.92 Å². The summed E-state index contributed by atoms with van der Waals surface area (Å²) >= 11 is 0. The average molecular weight is 1880 g/mol. The Morgan fingerprint density at radius 1 is 0.333 bits per heavy atom. The summed E-state index contributed by atoms with van der Waals surface area (Å²) in [4.78, 5) is 0. The van der Waals surface area contributed by atoms with E-state index in [-0.39, 0.29) is 173 Å². The molecule has 0 amide bonds. The van der Waals surface area contributed by atoms with E-state index in [1.54, 1.807) is 86.6 Å². The van der Waals surface area contributed by atoms with E-state index in [0.29, 0.717) is 0 Å². The molecule has 1 rings (SSSR count). The second kappa shape index (κ2) is 102. The molecular weight excluding hydrogens is 1670 g/mol. The van der Waals surface area contributed by atoms with Gasteiger partial charge in [0.05, 0.1) is 16.1 Å². The number of hydrogen-bond donors (Lipinski definition) is 0. The summed E-state index contributed by atoms with van der Waals surface area (Å²) in [5, 5.41) is 0. The van der Waals surface area contributed by atoms with E-state index in [1.807, 2.05) is 59.5 Å². The molecule has 1 radical (unpaired) electrons. The molecule has 99 heavy (non-hydrogen) atoms. The summed E-state index contributed by atoms with van der Waals surface area (Å²) in [6, 6.07) is 1.28. The van der Waals surface area contributed by atoms with Crippen molar-refractivity contribution in [3.8, 4) is 0 Å². The Morgan fingerprint density at radius 3 is 0.485 bits per heavy atom. The van der Waals surface area contributed by atoms with Gasteiger partial charge in [0, 0.05) is 104 Å². The van der Waals surface area contributed by atoms with Crippen molar-refractivity contribution < 1.29 is 95.9 Å². The summed E-state index contributed by atoms with van der Waals surface area (Å²) in [5.41, 5.74) is 11.2. The molecule has 0 spiro atoms. The van der Waals surface area contributed by atoms with E-state index >= 15 is 0 Å². The van der Waals surface area contributed by atoms with Crippen LogP contribution in [-0.4, -0.2) is 174 Å². The molecule has 28 heteroatoms. The molecule has 0 aromatic heterocycles. The maximum atomic E-state index is 6.25. The monoisotopic (exact) mass is 1880 g/mol. The van der Waals surface area contributed by atoms with Crippen molar-refractivity contribution in [3.05, 3.63) is 80.6 Å². The second-order valence-electron chi connectivity index (χ2n) is 25.0. The van der Waals surface area contributed by atoms with Crippen molar-refractivity contribution in [2.24, 2.45) is 0 Å². The van der Waals surface area contributed by atoms with Crippen molar-refractivity contribution in [2.45, 2.75) is 337 Å². The largest absolute Gasteiger partial charge is 0.424 e. The van der Waals surface area contributed by atoms with Crippen LogP contribution >= 0.6 is 0 Å². The normalized spacial score (nSPS) is 16.0. The molecule has 0 saturated carbocycles. The molecule has 1 aliphatic rings. The van der Waals surface area contributed by atoms with Crippen molar-refractivity contribution >= 4 is 110 Å². The number of rotatable bonds is 17. The summed E-state index contributed by atoms with van der Waals surface area (Å²) in [7, 11) is -5.05. The van der Waals surface area contributed by atoms with Gasteiger partial charge >= 0.3 is 51.4 Å². The van der Waals surface area contributed by atoms with Crippen LogP contribution in [-0.2, 0) is 95.9 Å². The van der Waals surface area contributed by atoms with Gasteiger partial charge in [0.1, 0.15) is 0 Å². The first kappa shape index (κ1) is 200. The van der Waals surface area contributed by atoms with Crippen molar-refractivity contribution in [1.29, 1.82) is 0 Å². The zero-order valence-corrected chi connectivity index (χ0v) is 77.3. The third-order valence-corrected chi connectivity index (χ3v) is 39.8. The SMILES string of the molecule is C.C.C.C.C.C.C.C.C.C.C.C.C.C.C.C.C.C.C=C[Si](C)(C)C.C=C[Si](C)(C)C.C=C[Si]1(C)O[Si](C)(C=C)O[Si](C)(C=C)O[Si](C)(C=C)O1.CCC[Si](C)(C)OC.CO[SiH](C)C.CO[Si](C)(C)C.CO[Si](C)(C)C.CO[Si](C)(C)C.CO[Si](C)(C)OC.CO[Si](C)(C)OC.[CH2-]C.[Pt].[V]. The molecule has 1 heterocycles. The van der Waals surface area contributed by atoms with Crippen LogP contribution in [0.25, 0.3) is 0 Å². The van der Waals surface area contributed by atoms with Gasteiger partial charge in [0.2, 0.25) is 0 Å². The van der Waals surface area contributed by atoms with Gasteiger partial charge in [-0.3, -0.25) is 0 Å². The molecule has 1 saturated heterocycles.